The fourth-order valence-corrected chi connectivity index (χ4v) is 4.76. The molecular weight excluding hydrogens is 472 g/mol. The van der Waals surface area contributed by atoms with Gasteiger partial charge >= 0.3 is 5.97 Å². The maximum absolute atomic E-state index is 13.7. The van der Waals surface area contributed by atoms with Crippen molar-refractivity contribution in [3.05, 3.63) is 77.9 Å². The number of carbonyl (C=O) groups excluding carboxylic acids is 1. The summed E-state index contributed by atoms with van der Waals surface area (Å²) >= 11 is 0. The van der Waals surface area contributed by atoms with E-state index in [4.69, 9.17) is 14.2 Å². The van der Waals surface area contributed by atoms with Crippen molar-refractivity contribution in [2.24, 2.45) is 0 Å². The molecule has 0 bridgehead atoms. The van der Waals surface area contributed by atoms with Crippen LogP contribution in [-0.4, -0.2) is 19.2 Å². The van der Waals surface area contributed by atoms with Crippen LogP contribution in [0.4, 0.5) is 0 Å². The van der Waals surface area contributed by atoms with Gasteiger partial charge in [0.15, 0.2) is 0 Å². The van der Waals surface area contributed by atoms with Gasteiger partial charge in [-0.15, -0.1) is 0 Å². The topological polar surface area (TPSA) is 44.8 Å². The molecule has 0 unspecified atom stereocenters. The molecule has 38 heavy (non-hydrogen) atoms. The molecule has 0 aliphatic rings. The molecule has 200 valence electrons. The molecule has 0 aliphatic carbocycles. The molecule has 0 radical (unpaired) electrons. The zero-order valence-electron chi connectivity index (χ0n) is 23.1. The Hall–Kier alpha value is -3.53. The summed E-state index contributed by atoms with van der Waals surface area (Å²) in [5.74, 6) is 1.36. The van der Waals surface area contributed by atoms with Crippen molar-refractivity contribution < 1.29 is 19.0 Å². The SMILES string of the molecule is CCCCCCOc1cc(C(=O)Oc2cccc3ccccc23)c(OCCCCCC)c2ccc(C)cc12. The van der Waals surface area contributed by atoms with Gasteiger partial charge in [0.05, 0.1) is 13.2 Å². The van der Waals surface area contributed by atoms with Crippen LogP contribution in [0.1, 0.15) is 81.1 Å². The predicted octanol–water partition coefficient (Wildman–Crippen LogP) is 9.44. The number of unbranched alkanes of at least 4 members (excludes halogenated alkanes) is 6. The second-order valence-corrected chi connectivity index (χ2v) is 9.99. The quantitative estimate of drug-likeness (QED) is 0.0959. The number of ether oxygens (including phenoxy) is 3. The number of fused-ring (bicyclic) bond motifs is 2. The van der Waals surface area contributed by atoms with Gasteiger partial charge in [-0.3, -0.25) is 0 Å². The van der Waals surface area contributed by atoms with Crippen LogP contribution in [-0.2, 0) is 0 Å². The first-order valence-corrected chi connectivity index (χ1v) is 14.1. The molecule has 4 nitrogen and oxygen atoms in total. The molecule has 4 heteroatoms. The molecule has 0 aliphatic heterocycles. The van der Waals surface area contributed by atoms with Gasteiger partial charge in [-0.1, -0.05) is 106 Å². The van der Waals surface area contributed by atoms with E-state index in [0.29, 0.717) is 36.0 Å². The third-order valence-corrected chi connectivity index (χ3v) is 6.88. The highest BCUT2D eigenvalue weighted by Gasteiger charge is 2.22. The van der Waals surface area contributed by atoms with Crippen LogP contribution in [0, 0.1) is 6.92 Å². The standard InChI is InChI=1S/C34H40O4/c1-4-6-8-12-21-36-32-24-30(34(35)38-31-18-14-16-26-15-10-11-17-27(26)31)33(37-22-13-9-7-5-2)28-20-19-25(3)23-29(28)32/h10-11,14-20,23-24H,4-9,12-13,21-22H2,1-3H3. The Kier molecular flexibility index (Phi) is 10.0. The van der Waals surface area contributed by atoms with E-state index in [1.807, 2.05) is 54.6 Å². The Morgan fingerprint density at radius 2 is 1.37 bits per heavy atom. The van der Waals surface area contributed by atoms with Gasteiger partial charge in [0.1, 0.15) is 22.8 Å². The van der Waals surface area contributed by atoms with Gasteiger partial charge in [0.2, 0.25) is 0 Å². The second-order valence-electron chi connectivity index (χ2n) is 9.99. The van der Waals surface area contributed by atoms with Gasteiger partial charge < -0.3 is 14.2 Å². The van der Waals surface area contributed by atoms with Crippen molar-refractivity contribution in [1.82, 2.24) is 0 Å². The van der Waals surface area contributed by atoms with E-state index in [1.165, 1.54) is 19.3 Å². The van der Waals surface area contributed by atoms with Crippen LogP contribution in [0.3, 0.4) is 0 Å². The van der Waals surface area contributed by atoms with Crippen molar-refractivity contribution in [2.45, 2.75) is 72.1 Å². The fourth-order valence-electron chi connectivity index (χ4n) is 4.76. The predicted molar refractivity (Wildman–Crippen MR) is 157 cm³/mol. The Balaban J connectivity index is 1.71. The second kappa shape index (κ2) is 13.9. The molecule has 0 heterocycles. The molecule has 0 saturated carbocycles. The number of carbonyl (C=O) groups is 1. The van der Waals surface area contributed by atoms with Crippen LogP contribution in [0.15, 0.2) is 66.7 Å². The first kappa shape index (κ1) is 27.5. The van der Waals surface area contributed by atoms with Crippen molar-refractivity contribution >= 4 is 27.5 Å². The smallest absolute Gasteiger partial charge is 0.347 e. The Bertz CT molecular complexity index is 1350. The van der Waals surface area contributed by atoms with E-state index in [1.54, 1.807) is 0 Å². The summed E-state index contributed by atoms with van der Waals surface area (Å²) in [5.41, 5.74) is 1.53. The Morgan fingerprint density at radius 3 is 2.13 bits per heavy atom. The lowest BCUT2D eigenvalue weighted by Gasteiger charge is -2.18. The van der Waals surface area contributed by atoms with Crippen LogP contribution in [0.25, 0.3) is 21.5 Å². The van der Waals surface area contributed by atoms with Crippen molar-refractivity contribution in [3.8, 4) is 17.2 Å². The molecule has 4 rings (SSSR count). The highest BCUT2D eigenvalue weighted by atomic mass is 16.5. The Morgan fingerprint density at radius 1 is 0.658 bits per heavy atom. The number of benzene rings is 4. The van der Waals surface area contributed by atoms with Crippen molar-refractivity contribution in [2.75, 3.05) is 13.2 Å². The van der Waals surface area contributed by atoms with Gasteiger partial charge in [0, 0.05) is 16.2 Å². The van der Waals surface area contributed by atoms with Crippen molar-refractivity contribution in [1.29, 1.82) is 0 Å². The Labute approximate surface area is 226 Å². The number of hydrogen-bond donors (Lipinski definition) is 0. The summed E-state index contributed by atoms with van der Waals surface area (Å²) in [6.07, 6.45) is 8.85. The van der Waals surface area contributed by atoms with E-state index in [2.05, 4.69) is 32.9 Å². The molecule has 0 N–H and O–H groups in total. The number of hydrogen-bond acceptors (Lipinski definition) is 4. The summed E-state index contributed by atoms with van der Waals surface area (Å²) in [5, 5.41) is 3.76. The van der Waals surface area contributed by atoms with Crippen LogP contribution < -0.4 is 14.2 Å². The average Bonchev–Trinajstić information content (AvgIpc) is 2.93. The van der Waals surface area contributed by atoms with E-state index in [-0.39, 0.29) is 0 Å². The van der Waals surface area contributed by atoms with E-state index < -0.39 is 5.97 Å². The first-order chi connectivity index (χ1) is 18.6. The first-order valence-electron chi connectivity index (χ1n) is 14.1. The third-order valence-electron chi connectivity index (χ3n) is 6.88. The molecule has 0 aromatic heterocycles. The molecule has 0 amide bonds. The maximum atomic E-state index is 13.7. The lowest BCUT2D eigenvalue weighted by atomic mass is 10.0. The van der Waals surface area contributed by atoms with Crippen LogP contribution in [0.2, 0.25) is 0 Å². The summed E-state index contributed by atoms with van der Waals surface area (Å²) in [6, 6.07) is 21.7. The number of rotatable bonds is 14. The third kappa shape index (κ3) is 6.86. The van der Waals surface area contributed by atoms with E-state index in [9.17, 15) is 4.79 Å². The number of esters is 1. The lowest BCUT2D eigenvalue weighted by Crippen LogP contribution is -2.13. The number of aryl methyl sites for hydroxylation is 1. The zero-order chi connectivity index (χ0) is 26.7. The summed E-state index contributed by atoms with van der Waals surface area (Å²) < 4.78 is 18.6. The molecule has 4 aromatic carbocycles. The summed E-state index contributed by atoms with van der Waals surface area (Å²) in [7, 11) is 0. The fraction of sp³-hybridized carbons (Fsp3) is 0.382. The van der Waals surface area contributed by atoms with Gasteiger partial charge in [-0.2, -0.15) is 0 Å². The van der Waals surface area contributed by atoms with Gasteiger partial charge in [-0.25, -0.2) is 4.79 Å². The monoisotopic (exact) mass is 512 g/mol. The minimum atomic E-state index is -0.441. The molecular formula is C34H40O4. The maximum Gasteiger partial charge on any atom is 0.347 e. The normalized spacial score (nSPS) is 11.1. The molecule has 0 spiro atoms. The molecule has 4 aromatic rings. The average molecular weight is 513 g/mol. The summed E-state index contributed by atoms with van der Waals surface area (Å²) in [4.78, 5) is 13.7. The van der Waals surface area contributed by atoms with Crippen LogP contribution in [0.5, 0.6) is 17.2 Å². The van der Waals surface area contributed by atoms with Gasteiger partial charge in [0.25, 0.3) is 0 Å². The van der Waals surface area contributed by atoms with E-state index in [0.717, 1.165) is 59.2 Å². The minimum Gasteiger partial charge on any atom is -0.493 e. The minimum absolute atomic E-state index is 0.397. The summed E-state index contributed by atoms with van der Waals surface area (Å²) in [6.45, 7) is 7.62. The lowest BCUT2D eigenvalue weighted by molar-refractivity contribution is 0.0732. The highest BCUT2D eigenvalue weighted by molar-refractivity contribution is 6.05. The molecule has 0 saturated heterocycles. The zero-order valence-corrected chi connectivity index (χ0v) is 23.1. The van der Waals surface area contributed by atoms with Gasteiger partial charge in [-0.05, 0) is 43.4 Å². The molecule has 0 fully saturated rings. The van der Waals surface area contributed by atoms with E-state index >= 15 is 0 Å². The largest absolute Gasteiger partial charge is 0.493 e. The molecule has 0 atom stereocenters. The van der Waals surface area contributed by atoms with Crippen molar-refractivity contribution in [3.63, 3.8) is 0 Å². The van der Waals surface area contributed by atoms with Crippen LogP contribution >= 0.6 is 0 Å². The highest BCUT2D eigenvalue weighted by Crippen LogP contribution is 2.39.